The molecule has 136 valence electrons. The highest BCUT2D eigenvalue weighted by molar-refractivity contribution is 6.07. The number of carbonyl (C=O) groups is 2. The molecule has 3 rings (SSSR count). The third kappa shape index (κ3) is 4.49. The van der Waals surface area contributed by atoms with Crippen molar-refractivity contribution in [2.75, 3.05) is 5.32 Å². The minimum atomic E-state index is -0.581. The van der Waals surface area contributed by atoms with E-state index in [0.29, 0.717) is 28.3 Å². The summed E-state index contributed by atoms with van der Waals surface area (Å²) >= 11 is 0. The summed E-state index contributed by atoms with van der Waals surface area (Å²) < 4.78 is 18.8. The van der Waals surface area contributed by atoms with Crippen molar-refractivity contribution in [2.24, 2.45) is 5.73 Å². The summed E-state index contributed by atoms with van der Waals surface area (Å²) in [7, 11) is 0. The highest BCUT2D eigenvalue weighted by atomic mass is 19.1. The van der Waals surface area contributed by atoms with E-state index in [1.165, 1.54) is 30.3 Å². The number of anilines is 1. The van der Waals surface area contributed by atoms with Crippen LogP contribution in [0, 0.1) is 12.7 Å². The molecular weight excluding hydrogens is 347 g/mol. The van der Waals surface area contributed by atoms with E-state index in [4.69, 9.17) is 10.5 Å². The molecule has 6 heteroatoms. The number of nitrogens with two attached hydrogens (primary N) is 1. The standard InChI is InChI=1S/C21H17FN2O3/c1-13-5-10-19(27-17-8-6-15(22)7-9-17)18(11-13)21(26)24-16-4-2-3-14(12-16)20(23)25/h2-12H,1H3,(H2,23,25)(H,24,26). The number of amides is 2. The van der Waals surface area contributed by atoms with Crippen LogP contribution in [0.15, 0.2) is 66.7 Å². The van der Waals surface area contributed by atoms with Gasteiger partial charge in [-0.3, -0.25) is 9.59 Å². The molecule has 3 aromatic carbocycles. The quantitative estimate of drug-likeness (QED) is 0.709. The van der Waals surface area contributed by atoms with Gasteiger partial charge in [0, 0.05) is 11.3 Å². The van der Waals surface area contributed by atoms with Gasteiger partial charge in [-0.25, -0.2) is 4.39 Å². The molecule has 2 amide bonds. The fraction of sp³-hybridized carbons (Fsp3) is 0.0476. The second-order valence-corrected chi connectivity index (χ2v) is 5.95. The van der Waals surface area contributed by atoms with Crippen LogP contribution in [0.3, 0.4) is 0 Å². The Balaban J connectivity index is 1.87. The number of hydrogen-bond donors (Lipinski definition) is 2. The molecule has 0 saturated carbocycles. The first kappa shape index (κ1) is 18.1. The van der Waals surface area contributed by atoms with E-state index in [9.17, 15) is 14.0 Å². The molecule has 0 fully saturated rings. The number of benzene rings is 3. The number of ether oxygens (including phenoxy) is 1. The highest BCUT2D eigenvalue weighted by Crippen LogP contribution is 2.27. The lowest BCUT2D eigenvalue weighted by Gasteiger charge is -2.13. The number of hydrogen-bond acceptors (Lipinski definition) is 3. The third-order valence-electron chi connectivity index (χ3n) is 3.83. The molecule has 0 bridgehead atoms. The number of carbonyl (C=O) groups excluding carboxylic acids is 2. The van der Waals surface area contributed by atoms with E-state index in [0.717, 1.165) is 5.56 Å². The molecule has 5 nitrogen and oxygen atoms in total. The van der Waals surface area contributed by atoms with Gasteiger partial charge in [-0.15, -0.1) is 0 Å². The van der Waals surface area contributed by atoms with Gasteiger partial charge in [-0.2, -0.15) is 0 Å². The molecule has 0 spiro atoms. The Kier molecular flexibility index (Phi) is 5.17. The average molecular weight is 364 g/mol. The lowest BCUT2D eigenvalue weighted by atomic mass is 10.1. The monoisotopic (exact) mass is 364 g/mol. The Bertz CT molecular complexity index is 1000. The lowest BCUT2D eigenvalue weighted by Crippen LogP contribution is -2.15. The molecule has 0 unspecified atom stereocenters. The smallest absolute Gasteiger partial charge is 0.259 e. The molecule has 3 N–H and O–H groups in total. The van der Waals surface area contributed by atoms with Gasteiger partial charge in [-0.05, 0) is 61.5 Å². The van der Waals surface area contributed by atoms with Crippen LogP contribution in [0.2, 0.25) is 0 Å². The number of nitrogens with one attached hydrogen (secondary N) is 1. The summed E-state index contributed by atoms with van der Waals surface area (Å²) in [5.41, 5.74) is 7.18. The first-order valence-corrected chi connectivity index (χ1v) is 8.17. The number of halogens is 1. The van der Waals surface area contributed by atoms with Gasteiger partial charge in [-0.1, -0.05) is 17.7 Å². The van der Waals surface area contributed by atoms with E-state index >= 15 is 0 Å². The van der Waals surface area contributed by atoms with Crippen LogP contribution < -0.4 is 15.8 Å². The van der Waals surface area contributed by atoms with Crippen molar-refractivity contribution in [3.05, 3.63) is 89.2 Å². The predicted octanol–water partition coefficient (Wildman–Crippen LogP) is 4.28. The summed E-state index contributed by atoms with van der Waals surface area (Å²) in [5, 5.41) is 2.73. The number of rotatable bonds is 5. The molecule has 0 radical (unpaired) electrons. The third-order valence-corrected chi connectivity index (χ3v) is 3.83. The minimum absolute atomic E-state index is 0.292. The van der Waals surface area contributed by atoms with Crippen molar-refractivity contribution in [3.63, 3.8) is 0 Å². The molecular formula is C21H17FN2O3. The maximum Gasteiger partial charge on any atom is 0.259 e. The summed E-state index contributed by atoms with van der Waals surface area (Å²) in [6.45, 7) is 1.85. The zero-order valence-electron chi connectivity index (χ0n) is 14.5. The molecule has 0 saturated heterocycles. The zero-order valence-corrected chi connectivity index (χ0v) is 14.5. The molecule has 0 aromatic heterocycles. The first-order valence-electron chi connectivity index (χ1n) is 8.17. The Hall–Kier alpha value is -3.67. The summed E-state index contributed by atoms with van der Waals surface area (Å²) in [4.78, 5) is 24.0. The van der Waals surface area contributed by atoms with Gasteiger partial charge in [0.1, 0.15) is 17.3 Å². The molecule has 27 heavy (non-hydrogen) atoms. The van der Waals surface area contributed by atoms with Crippen molar-refractivity contribution in [1.29, 1.82) is 0 Å². The van der Waals surface area contributed by atoms with Crippen molar-refractivity contribution in [1.82, 2.24) is 0 Å². The number of primary amides is 1. The molecule has 0 aliphatic rings. The molecule has 0 atom stereocenters. The minimum Gasteiger partial charge on any atom is -0.457 e. The van der Waals surface area contributed by atoms with Crippen LogP contribution in [-0.4, -0.2) is 11.8 Å². The Morgan fingerprint density at radius 3 is 2.44 bits per heavy atom. The Morgan fingerprint density at radius 2 is 1.74 bits per heavy atom. The maximum absolute atomic E-state index is 13.1. The second-order valence-electron chi connectivity index (χ2n) is 5.95. The van der Waals surface area contributed by atoms with Crippen molar-refractivity contribution < 1.29 is 18.7 Å². The van der Waals surface area contributed by atoms with Crippen LogP contribution >= 0.6 is 0 Å². The van der Waals surface area contributed by atoms with Crippen LogP contribution in [0.1, 0.15) is 26.3 Å². The fourth-order valence-electron chi connectivity index (χ4n) is 2.49. The van der Waals surface area contributed by atoms with Crippen LogP contribution in [0.4, 0.5) is 10.1 Å². The van der Waals surface area contributed by atoms with Crippen molar-refractivity contribution in [2.45, 2.75) is 6.92 Å². The highest BCUT2D eigenvalue weighted by Gasteiger charge is 2.15. The summed E-state index contributed by atoms with van der Waals surface area (Å²) in [6.07, 6.45) is 0. The topological polar surface area (TPSA) is 81.4 Å². The van der Waals surface area contributed by atoms with Crippen LogP contribution in [-0.2, 0) is 0 Å². The lowest BCUT2D eigenvalue weighted by molar-refractivity contribution is 0.0995. The maximum atomic E-state index is 13.1. The van der Waals surface area contributed by atoms with E-state index in [1.54, 1.807) is 30.3 Å². The second kappa shape index (κ2) is 7.70. The van der Waals surface area contributed by atoms with E-state index in [-0.39, 0.29) is 5.82 Å². The van der Waals surface area contributed by atoms with E-state index in [2.05, 4.69) is 5.32 Å². The van der Waals surface area contributed by atoms with Gasteiger partial charge in [0.15, 0.2) is 0 Å². The van der Waals surface area contributed by atoms with Gasteiger partial charge >= 0.3 is 0 Å². The van der Waals surface area contributed by atoms with Crippen LogP contribution in [0.5, 0.6) is 11.5 Å². The van der Waals surface area contributed by atoms with Gasteiger partial charge in [0.25, 0.3) is 5.91 Å². The first-order chi connectivity index (χ1) is 12.9. The zero-order chi connectivity index (χ0) is 19.4. The van der Waals surface area contributed by atoms with E-state index < -0.39 is 11.8 Å². The summed E-state index contributed by atoms with van der Waals surface area (Å²) in [5.74, 6) is -0.626. The van der Waals surface area contributed by atoms with Crippen molar-refractivity contribution in [3.8, 4) is 11.5 Å². The van der Waals surface area contributed by atoms with Crippen LogP contribution in [0.25, 0.3) is 0 Å². The van der Waals surface area contributed by atoms with Crippen molar-refractivity contribution >= 4 is 17.5 Å². The molecule has 3 aromatic rings. The Morgan fingerprint density at radius 1 is 1.00 bits per heavy atom. The van der Waals surface area contributed by atoms with E-state index in [1.807, 2.05) is 13.0 Å². The van der Waals surface area contributed by atoms with Gasteiger partial charge < -0.3 is 15.8 Å². The normalized spacial score (nSPS) is 10.3. The molecule has 0 aliphatic carbocycles. The molecule has 0 aliphatic heterocycles. The average Bonchev–Trinajstić information content (AvgIpc) is 2.65. The molecule has 0 heterocycles. The largest absolute Gasteiger partial charge is 0.457 e. The SMILES string of the molecule is Cc1ccc(Oc2ccc(F)cc2)c(C(=O)Nc2cccc(C(N)=O)c2)c1. The van der Waals surface area contributed by atoms with Gasteiger partial charge in [0.2, 0.25) is 5.91 Å². The number of aryl methyl sites for hydroxylation is 1. The van der Waals surface area contributed by atoms with Gasteiger partial charge in [0.05, 0.1) is 5.56 Å². The summed E-state index contributed by atoms with van der Waals surface area (Å²) in [6, 6.07) is 17.0. The predicted molar refractivity (Wildman–Crippen MR) is 101 cm³/mol. The fourth-order valence-corrected chi connectivity index (χ4v) is 2.49. The Labute approximate surface area is 155 Å².